The van der Waals surface area contributed by atoms with Crippen LogP contribution in [0.15, 0.2) is 12.2 Å². The van der Waals surface area contributed by atoms with Gasteiger partial charge in [0.25, 0.3) is 0 Å². The van der Waals surface area contributed by atoms with E-state index in [-0.39, 0.29) is 0 Å². The number of carbonyl (C=O) groups is 1. The van der Waals surface area contributed by atoms with Gasteiger partial charge < -0.3 is 10.0 Å². The van der Waals surface area contributed by atoms with Crippen molar-refractivity contribution in [2.24, 2.45) is 0 Å². The molecule has 1 aliphatic rings. The van der Waals surface area contributed by atoms with Gasteiger partial charge in [-0.2, -0.15) is 0 Å². The van der Waals surface area contributed by atoms with Crippen molar-refractivity contribution in [1.29, 1.82) is 0 Å². The summed E-state index contributed by atoms with van der Waals surface area (Å²) < 4.78 is 0. The summed E-state index contributed by atoms with van der Waals surface area (Å²) in [6, 6.07) is 0. The van der Waals surface area contributed by atoms with Crippen LogP contribution in [0.1, 0.15) is 6.42 Å². The van der Waals surface area contributed by atoms with Crippen LogP contribution in [0.3, 0.4) is 0 Å². The third-order valence-corrected chi connectivity index (χ3v) is 1.42. The van der Waals surface area contributed by atoms with Gasteiger partial charge in [-0.25, -0.2) is 4.79 Å². The summed E-state index contributed by atoms with van der Waals surface area (Å²) in [4.78, 5) is 11.6. The topological polar surface area (TPSA) is 40.5 Å². The van der Waals surface area contributed by atoms with Gasteiger partial charge >= 0.3 is 6.09 Å². The zero-order chi connectivity index (χ0) is 6.85. The predicted molar refractivity (Wildman–Crippen MR) is 33.4 cm³/mol. The molecule has 50 valence electrons. The minimum atomic E-state index is -0.839. The molecule has 1 amide bonds. The summed E-state index contributed by atoms with van der Waals surface area (Å²) in [6.45, 7) is 4.82. The molecule has 0 saturated carbocycles. The normalized spacial score (nSPS) is 18.7. The van der Waals surface area contributed by atoms with Crippen LogP contribution in [0.25, 0.3) is 0 Å². The maximum atomic E-state index is 10.2. The van der Waals surface area contributed by atoms with Crippen molar-refractivity contribution in [3.05, 3.63) is 12.2 Å². The SMILES string of the molecule is C=C1CCN(C(=O)O)C1. The van der Waals surface area contributed by atoms with Crippen molar-refractivity contribution in [1.82, 2.24) is 4.90 Å². The Morgan fingerprint density at radius 1 is 1.78 bits per heavy atom. The zero-order valence-electron chi connectivity index (χ0n) is 5.13. The minimum absolute atomic E-state index is 0.523. The van der Waals surface area contributed by atoms with E-state index in [1.165, 1.54) is 4.90 Å². The van der Waals surface area contributed by atoms with Crippen molar-refractivity contribution in [2.45, 2.75) is 6.42 Å². The van der Waals surface area contributed by atoms with Crippen molar-refractivity contribution in [3.63, 3.8) is 0 Å². The maximum Gasteiger partial charge on any atom is 0.407 e. The summed E-state index contributed by atoms with van der Waals surface area (Å²) in [6.07, 6.45) is -0.0135. The first-order valence-corrected chi connectivity index (χ1v) is 2.84. The molecule has 9 heavy (non-hydrogen) atoms. The number of hydrogen-bond donors (Lipinski definition) is 1. The van der Waals surface area contributed by atoms with E-state index in [1.54, 1.807) is 0 Å². The molecule has 3 heteroatoms. The fourth-order valence-corrected chi connectivity index (χ4v) is 0.884. The summed E-state index contributed by atoms with van der Waals surface area (Å²) in [7, 11) is 0. The van der Waals surface area contributed by atoms with Crippen molar-refractivity contribution >= 4 is 6.09 Å². The van der Waals surface area contributed by atoms with E-state index >= 15 is 0 Å². The van der Waals surface area contributed by atoms with Crippen molar-refractivity contribution < 1.29 is 9.90 Å². The molecule has 3 nitrogen and oxygen atoms in total. The fourth-order valence-electron chi connectivity index (χ4n) is 0.884. The second-order valence-electron chi connectivity index (χ2n) is 2.20. The van der Waals surface area contributed by atoms with E-state index in [1.807, 2.05) is 0 Å². The lowest BCUT2D eigenvalue weighted by atomic mass is 10.3. The van der Waals surface area contributed by atoms with Gasteiger partial charge in [0.1, 0.15) is 0 Å². The van der Waals surface area contributed by atoms with Gasteiger partial charge in [0.2, 0.25) is 0 Å². The summed E-state index contributed by atoms with van der Waals surface area (Å²) in [5, 5.41) is 8.42. The molecule has 0 radical (unpaired) electrons. The Kier molecular flexibility index (Phi) is 1.42. The predicted octanol–water partition coefficient (Wildman–Crippen LogP) is 0.926. The molecule has 0 atom stereocenters. The Morgan fingerprint density at radius 3 is 2.67 bits per heavy atom. The van der Waals surface area contributed by atoms with Crippen LogP contribution in [0.2, 0.25) is 0 Å². The molecule has 1 rings (SSSR count). The molecule has 1 N–H and O–H groups in total. The van der Waals surface area contributed by atoms with E-state index in [2.05, 4.69) is 6.58 Å². The van der Waals surface area contributed by atoms with E-state index in [4.69, 9.17) is 5.11 Å². The Balaban J connectivity index is 2.48. The first kappa shape index (κ1) is 6.13. The number of rotatable bonds is 0. The van der Waals surface area contributed by atoms with Crippen molar-refractivity contribution in [2.75, 3.05) is 13.1 Å². The Bertz CT molecular complexity index is 153. The monoisotopic (exact) mass is 127 g/mol. The van der Waals surface area contributed by atoms with Crippen LogP contribution in [0.4, 0.5) is 4.79 Å². The second kappa shape index (κ2) is 2.09. The molecule has 1 fully saturated rings. The number of hydrogen-bond acceptors (Lipinski definition) is 1. The smallest absolute Gasteiger partial charge is 0.407 e. The first-order valence-electron chi connectivity index (χ1n) is 2.84. The van der Waals surface area contributed by atoms with Crippen LogP contribution >= 0.6 is 0 Å². The lowest BCUT2D eigenvalue weighted by Crippen LogP contribution is -2.25. The highest BCUT2D eigenvalue weighted by Crippen LogP contribution is 2.11. The van der Waals surface area contributed by atoms with Gasteiger partial charge in [0.15, 0.2) is 0 Å². The van der Waals surface area contributed by atoms with Crippen LogP contribution in [0, 0.1) is 0 Å². The standard InChI is InChI=1S/C6H9NO2/c1-5-2-3-7(4-5)6(8)9/h1-4H2,(H,8,9). The molecule has 0 aliphatic carbocycles. The molecule has 0 aromatic rings. The number of likely N-dealkylation sites (tertiary alicyclic amines) is 1. The van der Waals surface area contributed by atoms with E-state index in [0.717, 1.165) is 12.0 Å². The van der Waals surface area contributed by atoms with Crippen molar-refractivity contribution in [3.8, 4) is 0 Å². The molecule has 1 aliphatic heterocycles. The third kappa shape index (κ3) is 1.22. The van der Waals surface area contributed by atoms with Crippen LogP contribution in [-0.2, 0) is 0 Å². The Labute approximate surface area is 53.6 Å². The summed E-state index contributed by atoms with van der Waals surface area (Å²) in [5.41, 5.74) is 1.01. The van der Waals surface area contributed by atoms with Gasteiger partial charge in [-0.05, 0) is 6.42 Å². The highest BCUT2D eigenvalue weighted by atomic mass is 16.4. The maximum absolute atomic E-state index is 10.2. The Hall–Kier alpha value is -0.990. The van der Waals surface area contributed by atoms with Crippen LogP contribution < -0.4 is 0 Å². The van der Waals surface area contributed by atoms with E-state index < -0.39 is 6.09 Å². The lowest BCUT2D eigenvalue weighted by molar-refractivity contribution is 0.156. The average molecular weight is 127 g/mol. The second-order valence-corrected chi connectivity index (χ2v) is 2.20. The highest BCUT2D eigenvalue weighted by molar-refractivity contribution is 5.66. The average Bonchev–Trinajstić information content (AvgIpc) is 2.14. The first-order chi connectivity index (χ1) is 4.20. The largest absolute Gasteiger partial charge is 0.465 e. The van der Waals surface area contributed by atoms with E-state index in [0.29, 0.717) is 13.1 Å². The number of carboxylic acid groups (broad SMARTS) is 1. The summed E-state index contributed by atoms with van der Waals surface area (Å²) in [5.74, 6) is 0. The third-order valence-electron chi connectivity index (χ3n) is 1.42. The quantitative estimate of drug-likeness (QED) is 0.492. The van der Waals surface area contributed by atoms with Crippen LogP contribution in [0.5, 0.6) is 0 Å². The number of nitrogens with zero attached hydrogens (tertiary/aromatic N) is 1. The van der Waals surface area contributed by atoms with Crippen LogP contribution in [-0.4, -0.2) is 29.2 Å². The molecule has 0 bridgehead atoms. The highest BCUT2D eigenvalue weighted by Gasteiger charge is 2.18. The Morgan fingerprint density at radius 2 is 2.44 bits per heavy atom. The molecule has 0 aromatic carbocycles. The minimum Gasteiger partial charge on any atom is -0.465 e. The molecule has 0 unspecified atom stereocenters. The molecule has 1 heterocycles. The molecule has 0 aromatic heterocycles. The van der Waals surface area contributed by atoms with Gasteiger partial charge in [-0.15, -0.1) is 0 Å². The van der Waals surface area contributed by atoms with Gasteiger partial charge in [-0.1, -0.05) is 12.2 Å². The fraction of sp³-hybridized carbons (Fsp3) is 0.500. The molecular weight excluding hydrogens is 118 g/mol. The van der Waals surface area contributed by atoms with Gasteiger partial charge in [0, 0.05) is 13.1 Å². The molecule has 1 saturated heterocycles. The number of amides is 1. The van der Waals surface area contributed by atoms with Gasteiger partial charge in [-0.3, -0.25) is 0 Å². The summed E-state index contributed by atoms with van der Waals surface area (Å²) >= 11 is 0. The lowest BCUT2D eigenvalue weighted by Gasteiger charge is -2.07. The zero-order valence-corrected chi connectivity index (χ0v) is 5.13. The van der Waals surface area contributed by atoms with E-state index in [9.17, 15) is 4.79 Å². The molecular formula is C6H9NO2. The van der Waals surface area contributed by atoms with Gasteiger partial charge in [0.05, 0.1) is 0 Å². The molecule has 0 spiro atoms.